The molecule has 0 bridgehead atoms. The molecule has 2 rings (SSSR count). The summed E-state index contributed by atoms with van der Waals surface area (Å²) in [5, 5.41) is 0. The van der Waals surface area contributed by atoms with Gasteiger partial charge in [-0.15, -0.1) is 0 Å². The van der Waals surface area contributed by atoms with Crippen molar-refractivity contribution in [2.75, 3.05) is 12.0 Å². The van der Waals surface area contributed by atoms with Gasteiger partial charge in [0.15, 0.2) is 0 Å². The van der Waals surface area contributed by atoms with E-state index in [4.69, 9.17) is 9.47 Å². The number of ether oxygens (including phenoxy) is 2. The molecular formula is C14H16O3S. The van der Waals surface area contributed by atoms with Gasteiger partial charge in [-0.3, -0.25) is 0 Å². The SMILES string of the molecule is CSCC1=C(c2ccccc2)C(=O)OC(C)(C)O1. The Hall–Kier alpha value is -1.42. The summed E-state index contributed by atoms with van der Waals surface area (Å²) in [5.74, 6) is 0.139. The number of esters is 1. The molecule has 0 aliphatic carbocycles. The Kier molecular flexibility index (Phi) is 3.66. The minimum Gasteiger partial charge on any atom is -0.455 e. The fourth-order valence-electron chi connectivity index (χ4n) is 1.87. The van der Waals surface area contributed by atoms with E-state index < -0.39 is 5.79 Å². The summed E-state index contributed by atoms with van der Waals surface area (Å²) in [6.45, 7) is 3.49. The molecule has 0 N–H and O–H groups in total. The lowest BCUT2D eigenvalue weighted by Crippen LogP contribution is -2.37. The van der Waals surface area contributed by atoms with Crippen molar-refractivity contribution in [3.05, 3.63) is 41.7 Å². The maximum absolute atomic E-state index is 12.1. The Morgan fingerprint density at radius 2 is 1.83 bits per heavy atom. The van der Waals surface area contributed by atoms with E-state index in [2.05, 4.69) is 0 Å². The second-order valence-corrected chi connectivity index (χ2v) is 5.35. The van der Waals surface area contributed by atoms with Gasteiger partial charge in [0.2, 0.25) is 5.79 Å². The van der Waals surface area contributed by atoms with Gasteiger partial charge < -0.3 is 9.47 Å². The van der Waals surface area contributed by atoms with Crippen molar-refractivity contribution < 1.29 is 14.3 Å². The van der Waals surface area contributed by atoms with E-state index in [1.54, 1.807) is 25.6 Å². The number of carbonyl (C=O) groups excluding carboxylic acids is 1. The monoisotopic (exact) mass is 264 g/mol. The predicted octanol–water partition coefficient (Wildman–Crippen LogP) is 3.07. The second kappa shape index (κ2) is 5.06. The topological polar surface area (TPSA) is 35.5 Å². The highest BCUT2D eigenvalue weighted by atomic mass is 32.2. The molecule has 0 spiro atoms. The molecule has 0 amide bonds. The molecule has 18 heavy (non-hydrogen) atoms. The molecule has 1 aromatic rings. The van der Waals surface area contributed by atoms with Gasteiger partial charge in [0, 0.05) is 13.8 Å². The standard InChI is InChI=1S/C14H16O3S/c1-14(2)16-11(9-18-3)12(13(15)17-14)10-7-5-4-6-8-10/h4-8H,9H2,1-3H3. The molecule has 1 aromatic carbocycles. The summed E-state index contributed by atoms with van der Waals surface area (Å²) in [7, 11) is 0. The molecule has 3 nitrogen and oxygen atoms in total. The molecule has 0 radical (unpaired) electrons. The summed E-state index contributed by atoms with van der Waals surface area (Å²) in [6, 6.07) is 9.48. The van der Waals surface area contributed by atoms with Gasteiger partial charge in [-0.25, -0.2) is 4.79 Å². The van der Waals surface area contributed by atoms with Crippen molar-refractivity contribution >= 4 is 23.3 Å². The second-order valence-electron chi connectivity index (χ2n) is 4.49. The number of benzene rings is 1. The largest absolute Gasteiger partial charge is 0.455 e. The van der Waals surface area contributed by atoms with Gasteiger partial charge in [-0.1, -0.05) is 30.3 Å². The zero-order chi connectivity index (χ0) is 13.2. The lowest BCUT2D eigenvalue weighted by molar-refractivity contribution is -0.202. The van der Waals surface area contributed by atoms with E-state index in [0.29, 0.717) is 17.1 Å². The van der Waals surface area contributed by atoms with Crippen LogP contribution in [0, 0.1) is 0 Å². The molecular weight excluding hydrogens is 248 g/mol. The van der Waals surface area contributed by atoms with Gasteiger partial charge >= 0.3 is 5.97 Å². The van der Waals surface area contributed by atoms with Gasteiger partial charge in [0.1, 0.15) is 11.3 Å². The van der Waals surface area contributed by atoms with E-state index in [9.17, 15) is 4.79 Å². The van der Waals surface area contributed by atoms with Crippen LogP contribution < -0.4 is 0 Å². The van der Waals surface area contributed by atoms with E-state index in [1.807, 2.05) is 36.6 Å². The highest BCUT2D eigenvalue weighted by Gasteiger charge is 2.36. The van der Waals surface area contributed by atoms with E-state index in [-0.39, 0.29) is 5.97 Å². The number of cyclic esters (lactones) is 1. The van der Waals surface area contributed by atoms with Crippen molar-refractivity contribution in [1.82, 2.24) is 0 Å². The summed E-state index contributed by atoms with van der Waals surface area (Å²) in [4.78, 5) is 12.1. The van der Waals surface area contributed by atoms with Gasteiger partial charge in [-0.2, -0.15) is 11.8 Å². The summed E-state index contributed by atoms with van der Waals surface area (Å²) in [6.07, 6.45) is 1.98. The van der Waals surface area contributed by atoms with Crippen LogP contribution >= 0.6 is 11.8 Å². The van der Waals surface area contributed by atoms with Crippen LogP contribution in [0.2, 0.25) is 0 Å². The zero-order valence-corrected chi connectivity index (χ0v) is 11.5. The molecule has 0 fully saturated rings. The van der Waals surface area contributed by atoms with Crippen LogP contribution in [0.25, 0.3) is 5.57 Å². The van der Waals surface area contributed by atoms with Crippen molar-refractivity contribution in [3.8, 4) is 0 Å². The van der Waals surface area contributed by atoms with Crippen molar-refractivity contribution in [3.63, 3.8) is 0 Å². The smallest absolute Gasteiger partial charge is 0.345 e. The Bertz CT molecular complexity index is 477. The Morgan fingerprint density at radius 3 is 2.44 bits per heavy atom. The number of thioether (sulfide) groups is 1. The fourth-order valence-corrected chi connectivity index (χ4v) is 2.34. The first-order valence-corrected chi connectivity index (χ1v) is 7.13. The zero-order valence-electron chi connectivity index (χ0n) is 10.7. The average molecular weight is 264 g/mol. The molecule has 0 unspecified atom stereocenters. The normalized spacial score (nSPS) is 18.3. The summed E-state index contributed by atoms with van der Waals surface area (Å²) >= 11 is 1.62. The fraction of sp³-hybridized carbons (Fsp3) is 0.357. The quantitative estimate of drug-likeness (QED) is 0.786. The number of rotatable bonds is 3. The van der Waals surface area contributed by atoms with Crippen LogP contribution in [0.15, 0.2) is 36.1 Å². The van der Waals surface area contributed by atoms with Crippen molar-refractivity contribution in [2.24, 2.45) is 0 Å². The molecule has 0 saturated carbocycles. The number of hydrogen-bond acceptors (Lipinski definition) is 4. The first kappa shape index (κ1) is 13.0. The molecule has 1 aliphatic heterocycles. The van der Waals surface area contributed by atoms with Gasteiger partial charge in [-0.05, 0) is 11.8 Å². The highest BCUT2D eigenvalue weighted by molar-refractivity contribution is 7.98. The van der Waals surface area contributed by atoms with Gasteiger partial charge in [0.25, 0.3) is 0 Å². The third-order valence-electron chi connectivity index (χ3n) is 2.53. The number of hydrogen-bond donors (Lipinski definition) is 0. The maximum Gasteiger partial charge on any atom is 0.345 e. The summed E-state index contributed by atoms with van der Waals surface area (Å²) < 4.78 is 11.1. The third kappa shape index (κ3) is 2.70. The third-order valence-corrected chi connectivity index (χ3v) is 3.08. The van der Waals surface area contributed by atoms with Crippen LogP contribution in [0.3, 0.4) is 0 Å². The molecule has 0 aromatic heterocycles. The highest BCUT2D eigenvalue weighted by Crippen LogP contribution is 2.33. The van der Waals surface area contributed by atoms with Crippen molar-refractivity contribution in [1.29, 1.82) is 0 Å². The first-order chi connectivity index (χ1) is 8.53. The lowest BCUT2D eigenvalue weighted by atomic mass is 10.0. The molecule has 1 aliphatic rings. The van der Waals surface area contributed by atoms with E-state index in [0.717, 1.165) is 5.56 Å². The van der Waals surface area contributed by atoms with Gasteiger partial charge in [0.05, 0.1) is 5.75 Å². The molecule has 1 heterocycles. The van der Waals surface area contributed by atoms with E-state index in [1.165, 1.54) is 0 Å². The van der Waals surface area contributed by atoms with Crippen LogP contribution in [-0.4, -0.2) is 23.8 Å². The number of carbonyl (C=O) groups is 1. The van der Waals surface area contributed by atoms with Crippen LogP contribution in [0.4, 0.5) is 0 Å². The molecule has 4 heteroatoms. The molecule has 0 saturated heterocycles. The molecule has 96 valence electrons. The molecule has 0 atom stereocenters. The maximum atomic E-state index is 12.1. The van der Waals surface area contributed by atoms with Crippen LogP contribution in [0.5, 0.6) is 0 Å². The Labute approximate surface area is 111 Å². The van der Waals surface area contributed by atoms with Crippen molar-refractivity contribution in [2.45, 2.75) is 19.6 Å². The van der Waals surface area contributed by atoms with Crippen LogP contribution in [0.1, 0.15) is 19.4 Å². The minimum atomic E-state index is -0.888. The van der Waals surface area contributed by atoms with Crippen LogP contribution in [-0.2, 0) is 14.3 Å². The summed E-state index contributed by atoms with van der Waals surface area (Å²) in [5.41, 5.74) is 1.37. The average Bonchev–Trinajstić information content (AvgIpc) is 2.28. The van der Waals surface area contributed by atoms with E-state index >= 15 is 0 Å². The first-order valence-electron chi connectivity index (χ1n) is 5.73. The Balaban J connectivity index is 2.47. The Morgan fingerprint density at radius 1 is 1.17 bits per heavy atom. The predicted molar refractivity (Wildman–Crippen MR) is 73.0 cm³/mol. The minimum absolute atomic E-state index is 0.318. The lowest BCUT2D eigenvalue weighted by Gasteiger charge is -2.33.